The SMILES string of the molecule is C[C@](O)(CNC(=O)/C=C/c1ccoc1)c1cccs1. The van der Waals surface area contributed by atoms with E-state index in [0.29, 0.717) is 0 Å². The predicted molar refractivity (Wildman–Crippen MR) is 74.6 cm³/mol. The van der Waals surface area contributed by atoms with Crippen molar-refractivity contribution in [3.63, 3.8) is 0 Å². The first kappa shape index (κ1) is 13.6. The van der Waals surface area contributed by atoms with Crippen LogP contribution in [-0.4, -0.2) is 17.6 Å². The molecule has 0 bridgehead atoms. The fourth-order valence-corrected chi connectivity index (χ4v) is 2.32. The number of amides is 1. The molecule has 0 aromatic carbocycles. The Morgan fingerprint density at radius 2 is 2.42 bits per heavy atom. The number of carbonyl (C=O) groups excluding carboxylic acids is 1. The van der Waals surface area contributed by atoms with Gasteiger partial charge in [-0.1, -0.05) is 6.07 Å². The van der Waals surface area contributed by atoms with E-state index in [0.717, 1.165) is 10.4 Å². The Labute approximate surface area is 115 Å². The molecule has 2 heterocycles. The van der Waals surface area contributed by atoms with Crippen molar-refractivity contribution in [1.29, 1.82) is 0 Å². The third kappa shape index (κ3) is 3.81. The highest BCUT2D eigenvalue weighted by Gasteiger charge is 2.24. The highest BCUT2D eigenvalue weighted by Crippen LogP contribution is 2.24. The van der Waals surface area contributed by atoms with Gasteiger partial charge in [0.2, 0.25) is 5.91 Å². The lowest BCUT2D eigenvalue weighted by atomic mass is 10.1. The van der Waals surface area contributed by atoms with Gasteiger partial charge in [-0.15, -0.1) is 11.3 Å². The second kappa shape index (κ2) is 5.86. The third-order valence-electron chi connectivity index (χ3n) is 2.63. The largest absolute Gasteiger partial charge is 0.472 e. The van der Waals surface area contributed by atoms with Crippen molar-refractivity contribution >= 4 is 23.3 Å². The van der Waals surface area contributed by atoms with Gasteiger partial charge in [-0.25, -0.2) is 0 Å². The molecule has 19 heavy (non-hydrogen) atoms. The number of hydrogen-bond donors (Lipinski definition) is 2. The molecule has 0 aliphatic rings. The van der Waals surface area contributed by atoms with Crippen LogP contribution in [0.15, 0.2) is 46.6 Å². The number of thiophene rings is 1. The number of carbonyl (C=O) groups is 1. The zero-order chi connectivity index (χ0) is 13.7. The summed E-state index contributed by atoms with van der Waals surface area (Å²) in [5.41, 5.74) is -0.229. The monoisotopic (exact) mass is 277 g/mol. The minimum absolute atomic E-state index is 0.169. The molecule has 2 aromatic heterocycles. The smallest absolute Gasteiger partial charge is 0.244 e. The van der Waals surface area contributed by atoms with E-state index in [2.05, 4.69) is 5.32 Å². The average molecular weight is 277 g/mol. The Kier molecular flexibility index (Phi) is 4.19. The zero-order valence-corrected chi connectivity index (χ0v) is 11.3. The van der Waals surface area contributed by atoms with Gasteiger partial charge >= 0.3 is 0 Å². The molecule has 2 aromatic rings. The molecule has 0 radical (unpaired) electrons. The van der Waals surface area contributed by atoms with Crippen molar-refractivity contribution < 1.29 is 14.3 Å². The van der Waals surface area contributed by atoms with Gasteiger partial charge < -0.3 is 14.8 Å². The van der Waals surface area contributed by atoms with Crippen molar-refractivity contribution in [3.8, 4) is 0 Å². The molecule has 4 nitrogen and oxygen atoms in total. The second-order valence-corrected chi connectivity index (χ2v) is 5.31. The molecular weight excluding hydrogens is 262 g/mol. The summed E-state index contributed by atoms with van der Waals surface area (Å²) in [6, 6.07) is 5.47. The lowest BCUT2D eigenvalue weighted by Gasteiger charge is -2.21. The maximum atomic E-state index is 11.6. The molecule has 100 valence electrons. The topological polar surface area (TPSA) is 62.5 Å². The van der Waals surface area contributed by atoms with Crippen LogP contribution in [0, 0.1) is 0 Å². The molecule has 0 unspecified atom stereocenters. The summed E-state index contributed by atoms with van der Waals surface area (Å²) in [6.07, 6.45) is 6.15. The van der Waals surface area contributed by atoms with Crippen LogP contribution in [0.1, 0.15) is 17.4 Å². The van der Waals surface area contributed by atoms with Gasteiger partial charge in [0.25, 0.3) is 0 Å². The maximum Gasteiger partial charge on any atom is 0.244 e. The lowest BCUT2D eigenvalue weighted by molar-refractivity contribution is -0.117. The normalized spacial score (nSPS) is 14.4. The van der Waals surface area contributed by atoms with Gasteiger partial charge in [0.05, 0.1) is 19.1 Å². The summed E-state index contributed by atoms with van der Waals surface area (Å²) in [7, 11) is 0. The molecule has 2 N–H and O–H groups in total. The molecule has 1 atom stereocenters. The quantitative estimate of drug-likeness (QED) is 0.825. The number of nitrogens with one attached hydrogen (secondary N) is 1. The number of hydrogen-bond acceptors (Lipinski definition) is 4. The summed E-state index contributed by atoms with van der Waals surface area (Å²) in [6.45, 7) is 1.85. The van der Waals surface area contributed by atoms with E-state index in [1.807, 2.05) is 17.5 Å². The van der Waals surface area contributed by atoms with Crippen LogP contribution >= 0.6 is 11.3 Å². The highest BCUT2D eigenvalue weighted by molar-refractivity contribution is 7.10. The van der Waals surface area contributed by atoms with Gasteiger partial charge in [-0.05, 0) is 30.5 Å². The molecule has 0 saturated carbocycles. The van der Waals surface area contributed by atoms with Crippen LogP contribution in [0.4, 0.5) is 0 Å². The Balaban J connectivity index is 1.87. The Morgan fingerprint density at radius 3 is 3.05 bits per heavy atom. The van der Waals surface area contributed by atoms with Gasteiger partial charge in [-0.2, -0.15) is 0 Å². The Morgan fingerprint density at radius 1 is 1.58 bits per heavy atom. The maximum absolute atomic E-state index is 11.6. The standard InChI is InChI=1S/C14H15NO3S/c1-14(17,12-3-2-8-19-12)10-15-13(16)5-4-11-6-7-18-9-11/h2-9,17H,10H2,1H3,(H,15,16)/b5-4+/t14-/m0/s1. The van der Waals surface area contributed by atoms with Crippen molar-refractivity contribution in [2.45, 2.75) is 12.5 Å². The van der Waals surface area contributed by atoms with Crippen LogP contribution in [0.25, 0.3) is 6.08 Å². The van der Waals surface area contributed by atoms with E-state index in [9.17, 15) is 9.90 Å². The molecule has 1 amide bonds. The van der Waals surface area contributed by atoms with Gasteiger partial charge in [-0.3, -0.25) is 4.79 Å². The van der Waals surface area contributed by atoms with Crippen molar-refractivity contribution in [2.24, 2.45) is 0 Å². The first-order valence-electron chi connectivity index (χ1n) is 5.82. The summed E-state index contributed by atoms with van der Waals surface area (Å²) in [4.78, 5) is 12.4. The summed E-state index contributed by atoms with van der Waals surface area (Å²) >= 11 is 1.46. The van der Waals surface area contributed by atoms with Gasteiger partial charge in [0, 0.05) is 16.5 Å². The lowest BCUT2D eigenvalue weighted by Crippen LogP contribution is -2.37. The fourth-order valence-electron chi connectivity index (χ4n) is 1.53. The minimum Gasteiger partial charge on any atom is -0.472 e. The second-order valence-electron chi connectivity index (χ2n) is 4.36. The molecule has 5 heteroatoms. The van der Waals surface area contributed by atoms with Gasteiger partial charge in [0.1, 0.15) is 5.60 Å². The molecule has 2 rings (SSSR count). The summed E-state index contributed by atoms with van der Waals surface area (Å²) in [5, 5.41) is 14.8. The van der Waals surface area contributed by atoms with E-state index in [1.165, 1.54) is 17.4 Å². The molecule has 0 aliphatic carbocycles. The van der Waals surface area contributed by atoms with Gasteiger partial charge in [0.15, 0.2) is 0 Å². The third-order valence-corrected chi connectivity index (χ3v) is 3.75. The fraction of sp³-hybridized carbons (Fsp3) is 0.214. The average Bonchev–Trinajstić information content (AvgIpc) is 3.06. The van der Waals surface area contributed by atoms with Crippen LogP contribution in [0.2, 0.25) is 0 Å². The number of furan rings is 1. The summed E-state index contributed by atoms with van der Waals surface area (Å²) < 4.78 is 4.89. The van der Waals surface area contributed by atoms with E-state index in [1.54, 1.807) is 31.6 Å². The van der Waals surface area contributed by atoms with E-state index >= 15 is 0 Å². The molecule has 0 aliphatic heterocycles. The van der Waals surface area contributed by atoms with E-state index < -0.39 is 5.60 Å². The van der Waals surface area contributed by atoms with Crippen LogP contribution < -0.4 is 5.32 Å². The van der Waals surface area contributed by atoms with Crippen LogP contribution in [0.3, 0.4) is 0 Å². The summed E-state index contributed by atoms with van der Waals surface area (Å²) in [5.74, 6) is -0.252. The first-order chi connectivity index (χ1) is 9.08. The van der Waals surface area contributed by atoms with Crippen LogP contribution in [0.5, 0.6) is 0 Å². The minimum atomic E-state index is -1.05. The van der Waals surface area contributed by atoms with Crippen molar-refractivity contribution in [3.05, 3.63) is 52.6 Å². The number of rotatable bonds is 5. The highest BCUT2D eigenvalue weighted by atomic mass is 32.1. The predicted octanol–water partition coefficient (Wildman–Crippen LogP) is 2.38. The number of aliphatic hydroxyl groups is 1. The molecule has 0 fully saturated rings. The molecule has 0 spiro atoms. The Bertz CT molecular complexity index is 541. The first-order valence-corrected chi connectivity index (χ1v) is 6.70. The molecule has 0 saturated heterocycles. The molecular formula is C14H15NO3S. The Hall–Kier alpha value is -1.85. The van der Waals surface area contributed by atoms with Crippen LogP contribution in [-0.2, 0) is 10.4 Å². The zero-order valence-electron chi connectivity index (χ0n) is 10.5. The van der Waals surface area contributed by atoms with Crippen molar-refractivity contribution in [2.75, 3.05) is 6.54 Å². The van der Waals surface area contributed by atoms with Crippen molar-refractivity contribution in [1.82, 2.24) is 5.32 Å². The van der Waals surface area contributed by atoms with E-state index in [4.69, 9.17) is 4.42 Å². The van der Waals surface area contributed by atoms with E-state index in [-0.39, 0.29) is 12.5 Å².